The fraction of sp³-hybridized carbons (Fsp3) is 0.400. The monoisotopic (exact) mass is 247 g/mol. The maximum absolute atomic E-state index is 10.5. The van der Waals surface area contributed by atoms with E-state index in [4.69, 9.17) is 5.11 Å². The van der Waals surface area contributed by atoms with Gasteiger partial charge in [0.2, 0.25) is 0 Å². The van der Waals surface area contributed by atoms with Crippen molar-refractivity contribution in [3.8, 4) is 0 Å². The number of carboxylic acid groups (broad SMARTS) is 1. The second kappa shape index (κ2) is 8.34. The zero-order chi connectivity index (χ0) is 13.2. The summed E-state index contributed by atoms with van der Waals surface area (Å²) in [6.07, 6.45) is 6.67. The lowest BCUT2D eigenvalue weighted by molar-refractivity contribution is -0.136. The molecular weight excluding hydrogens is 226 g/mol. The number of carboxylic acids is 1. The molecule has 0 saturated carbocycles. The summed E-state index contributed by atoms with van der Waals surface area (Å²) in [6, 6.07) is 7.58. The van der Waals surface area contributed by atoms with Gasteiger partial charge in [-0.2, -0.15) is 0 Å². The Morgan fingerprint density at radius 3 is 2.56 bits per heavy atom. The van der Waals surface area contributed by atoms with Crippen LogP contribution in [-0.2, 0) is 11.2 Å². The quantitative estimate of drug-likeness (QED) is 0.519. The molecule has 3 nitrogen and oxygen atoms in total. The number of benzene rings is 1. The molecule has 18 heavy (non-hydrogen) atoms. The van der Waals surface area contributed by atoms with Crippen LogP contribution in [0.25, 0.3) is 0 Å². The van der Waals surface area contributed by atoms with Crippen LogP contribution in [0.15, 0.2) is 36.9 Å². The van der Waals surface area contributed by atoms with Crippen LogP contribution in [0.4, 0.5) is 5.69 Å². The Balaban J connectivity index is 2.22. The summed E-state index contributed by atoms with van der Waals surface area (Å²) >= 11 is 0. The molecule has 0 spiro atoms. The SMILES string of the molecule is C=CCCCCCNc1ccc(CC(=O)O)cc1. The van der Waals surface area contributed by atoms with Gasteiger partial charge in [0, 0.05) is 12.2 Å². The van der Waals surface area contributed by atoms with Gasteiger partial charge in [-0.15, -0.1) is 6.58 Å². The molecule has 0 aliphatic heterocycles. The van der Waals surface area contributed by atoms with Gasteiger partial charge in [-0.1, -0.05) is 24.6 Å². The maximum atomic E-state index is 10.5. The molecular formula is C15H21NO2. The van der Waals surface area contributed by atoms with Crippen LogP contribution in [0.1, 0.15) is 31.2 Å². The van der Waals surface area contributed by atoms with E-state index in [0.717, 1.165) is 30.6 Å². The fourth-order valence-corrected chi connectivity index (χ4v) is 1.74. The summed E-state index contributed by atoms with van der Waals surface area (Å²) in [6.45, 7) is 4.65. The van der Waals surface area contributed by atoms with Crippen LogP contribution in [0.5, 0.6) is 0 Å². The molecule has 1 aromatic carbocycles. The van der Waals surface area contributed by atoms with E-state index >= 15 is 0 Å². The van der Waals surface area contributed by atoms with Crippen molar-refractivity contribution in [1.29, 1.82) is 0 Å². The highest BCUT2D eigenvalue weighted by molar-refractivity contribution is 5.70. The first-order chi connectivity index (χ1) is 8.72. The number of carbonyl (C=O) groups is 1. The molecule has 0 bridgehead atoms. The Labute approximate surface area is 109 Å². The minimum absolute atomic E-state index is 0.0852. The molecule has 3 heteroatoms. The summed E-state index contributed by atoms with van der Waals surface area (Å²) < 4.78 is 0. The van der Waals surface area contributed by atoms with Crippen molar-refractivity contribution in [1.82, 2.24) is 0 Å². The zero-order valence-corrected chi connectivity index (χ0v) is 10.7. The Morgan fingerprint density at radius 2 is 1.94 bits per heavy atom. The average molecular weight is 247 g/mol. The highest BCUT2D eigenvalue weighted by atomic mass is 16.4. The molecule has 0 unspecified atom stereocenters. The van der Waals surface area contributed by atoms with E-state index in [1.165, 1.54) is 12.8 Å². The molecule has 0 aliphatic carbocycles. The lowest BCUT2D eigenvalue weighted by Gasteiger charge is -2.06. The van der Waals surface area contributed by atoms with Crippen molar-refractivity contribution in [2.24, 2.45) is 0 Å². The predicted octanol–water partition coefficient (Wildman–Crippen LogP) is 3.47. The summed E-state index contributed by atoms with van der Waals surface area (Å²) in [7, 11) is 0. The number of hydrogen-bond acceptors (Lipinski definition) is 2. The van der Waals surface area contributed by atoms with Crippen LogP contribution in [0.2, 0.25) is 0 Å². The standard InChI is InChI=1S/C15H21NO2/c1-2-3-4-5-6-11-16-14-9-7-13(8-10-14)12-15(17)18/h2,7-10,16H,1,3-6,11-12H2,(H,17,18). The number of hydrogen-bond donors (Lipinski definition) is 2. The number of aliphatic carboxylic acids is 1. The van der Waals surface area contributed by atoms with E-state index in [2.05, 4.69) is 11.9 Å². The van der Waals surface area contributed by atoms with Gasteiger partial charge in [0.1, 0.15) is 0 Å². The van der Waals surface area contributed by atoms with Crippen molar-refractivity contribution < 1.29 is 9.90 Å². The van der Waals surface area contributed by atoms with Crippen LogP contribution >= 0.6 is 0 Å². The zero-order valence-electron chi connectivity index (χ0n) is 10.7. The molecule has 0 fully saturated rings. The minimum Gasteiger partial charge on any atom is -0.481 e. The minimum atomic E-state index is -0.794. The maximum Gasteiger partial charge on any atom is 0.307 e. The van der Waals surface area contributed by atoms with Crippen LogP contribution < -0.4 is 5.32 Å². The van der Waals surface area contributed by atoms with Crippen LogP contribution in [0.3, 0.4) is 0 Å². The molecule has 0 radical (unpaired) electrons. The van der Waals surface area contributed by atoms with E-state index in [1.807, 2.05) is 30.3 Å². The van der Waals surface area contributed by atoms with E-state index in [9.17, 15) is 4.79 Å². The van der Waals surface area contributed by atoms with Crippen molar-refractivity contribution in [3.05, 3.63) is 42.5 Å². The Hall–Kier alpha value is -1.77. The largest absolute Gasteiger partial charge is 0.481 e. The van der Waals surface area contributed by atoms with Gasteiger partial charge in [0.15, 0.2) is 0 Å². The Bertz CT molecular complexity index is 371. The second-order valence-corrected chi connectivity index (χ2v) is 4.33. The number of nitrogens with one attached hydrogen (secondary N) is 1. The number of anilines is 1. The molecule has 0 heterocycles. The third kappa shape index (κ3) is 6.09. The van der Waals surface area contributed by atoms with Crippen molar-refractivity contribution in [3.63, 3.8) is 0 Å². The highest BCUT2D eigenvalue weighted by Crippen LogP contribution is 2.10. The van der Waals surface area contributed by atoms with Gasteiger partial charge in [-0.25, -0.2) is 0 Å². The molecule has 0 saturated heterocycles. The van der Waals surface area contributed by atoms with Gasteiger partial charge in [-0.3, -0.25) is 4.79 Å². The van der Waals surface area contributed by atoms with E-state index in [0.29, 0.717) is 0 Å². The smallest absolute Gasteiger partial charge is 0.307 e. The molecule has 1 aromatic rings. The molecule has 98 valence electrons. The highest BCUT2D eigenvalue weighted by Gasteiger charge is 1.99. The number of unbranched alkanes of at least 4 members (excludes halogenated alkanes) is 3. The third-order valence-corrected chi connectivity index (χ3v) is 2.72. The van der Waals surface area contributed by atoms with Crippen molar-refractivity contribution >= 4 is 11.7 Å². The lowest BCUT2D eigenvalue weighted by Crippen LogP contribution is -2.02. The number of rotatable bonds is 9. The van der Waals surface area contributed by atoms with Crippen molar-refractivity contribution in [2.45, 2.75) is 32.1 Å². The summed E-state index contributed by atoms with van der Waals surface area (Å²) in [5, 5.41) is 12.0. The summed E-state index contributed by atoms with van der Waals surface area (Å²) in [4.78, 5) is 10.5. The molecule has 0 aromatic heterocycles. The lowest BCUT2D eigenvalue weighted by atomic mass is 10.1. The van der Waals surface area contributed by atoms with Gasteiger partial charge in [-0.05, 0) is 37.0 Å². The normalized spacial score (nSPS) is 10.0. The first kappa shape index (κ1) is 14.3. The van der Waals surface area contributed by atoms with Gasteiger partial charge >= 0.3 is 5.97 Å². The van der Waals surface area contributed by atoms with Gasteiger partial charge in [0.25, 0.3) is 0 Å². The van der Waals surface area contributed by atoms with Crippen LogP contribution in [-0.4, -0.2) is 17.6 Å². The van der Waals surface area contributed by atoms with Crippen LogP contribution in [0, 0.1) is 0 Å². The van der Waals surface area contributed by atoms with E-state index < -0.39 is 5.97 Å². The number of allylic oxidation sites excluding steroid dienone is 1. The third-order valence-electron chi connectivity index (χ3n) is 2.72. The van der Waals surface area contributed by atoms with Crippen molar-refractivity contribution in [2.75, 3.05) is 11.9 Å². The summed E-state index contributed by atoms with van der Waals surface area (Å²) in [5.74, 6) is -0.794. The first-order valence-corrected chi connectivity index (χ1v) is 6.38. The Kier molecular flexibility index (Phi) is 6.62. The second-order valence-electron chi connectivity index (χ2n) is 4.33. The van der Waals surface area contributed by atoms with Gasteiger partial charge < -0.3 is 10.4 Å². The average Bonchev–Trinajstić information content (AvgIpc) is 2.35. The first-order valence-electron chi connectivity index (χ1n) is 6.38. The topological polar surface area (TPSA) is 49.3 Å². The van der Waals surface area contributed by atoms with E-state index in [-0.39, 0.29) is 6.42 Å². The predicted molar refractivity (Wildman–Crippen MR) is 74.9 cm³/mol. The molecule has 0 aliphatic rings. The molecule has 2 N–H and O–H groups in total. The summed E-state index contributed by atoms with van der Waals surface area (Å²) in [5.41, 5.74) is 1.88. The van der Waals surface area contributed by atoms with Gasteiger partial charge in [0.05, 0.1) is 6.42 Å². The Morgan fingerprint density at radius 1 is 1.22 bits per heavy atom. The molecule has 0 amide bonds. The van der Waals surface area contributed by atoms with E-state index in [1.54, 1.807) is 0 Å². The molecule has 1 rings (SSSR count). The molecule has 0 atom stereocenters. The fourth-order valence-electron chi connectivity index (χ4n) is 1.74.